The second-order valence-corrected chi connectivity index (χ2v) is 8.79. The van der Waals surface area contributed by atoms with Gasteiger partial charge in [-0.3, -0.25) is 4.79 Å². The lowest BCUT2D eigenvalue weighted by Gasteiger charge is -2.39. The Morgan fingerprint density at radius 1 is 1.63 bits per heavy atom. The van der Waals surface area contributed by atoms with E-state index in [9.17, 15) is 4.79 Å². The summed E-state index contributed by atoms with van der Waals surface area (Å²) in [5.41, 5.74) is -0.237. The van der Waals surface area contributed by atoms with Gasteiger partial charge in [-0.05, 0) is 56.7 Å². The number of halogens is 3. The number of hydrogen-bond donors (Lipinski definition) is 1. The third-order valence-corrected chi connectivity index (χ3v) is 7.36. The molecule has 0 bridgehead atoms. The molecule has 1 saturated carbocycles. The molecule has 0 aliphatic heterocycles. The van der Waals surface area contributed by atoms with E-state index >= 15 is 0 Å². The summed E-state index contributed by atoms with van der Waals surface area (Å²) in [7, 11) is 0. The zero-order valence-electron chi connectivity index (χ0n) is 10.6. The van der Waals surface area contributed by atoms with Crippen LogP contribution in [0, 0.1) is 5.92 Å². The number of thiophene rings is 1. The number of rotatable bonds is 3. The molecule has 1 amide bonds. The third-order valence-electron chi connectivity index (χ3n) is 3.59. The van der Waals surface area contributed by atoms with Crippen molar-refractivity contribution in [3.8, 4) is 0 Å². The van der Waals surface area contributed by atoms with Gasteiger partial charge in [0.25, 0.3) is 5.91 Å². The molecule has 2 rings (SSSR count). The Balaban J connectivity index is 2.11. The van der Waals surface area contributed by atoms with Crippen molar-refractivity contribution in [1.29, 1.82) is 0 Å². The summed E-state index contributed by atoms with van der Waals surface area (Å²) in [6.07, 6.45) is 4.30. The molecule has 106 valence electrons. The maximum Gasteiger partial charge on any atom is 0.261 e. The average Bonchev–Trinajstić information content (AvgIpc) is 2.70. The van der Waals surface area contributed by atoms with Crippen molar-refractivity contribution in [3.63, 3.8) is 0 Å². The highest BCUT2D eigenvalue weighted by Crippen LogP contribution is 2.35. The number of amides is 1. The van der Waals surface area contributed by atoms with Crippen LogP contribution in [0.3, 0.4) is 0 Å². The second kappa shape index (κ2) is 6.46. The summed E-state index contributed by atoms with van der Waals surface area (Å²) in [6, 6.07) is 1.85. The van der Waals surface area contributed by atoms with Gasteiger partial charge in [0, 0.05) is 10.4 Å². The van der Waals surface area contributed by atoms with Gasteiger partial charge in [0.15, 0.2) is 0 Å². The first kappa shape index (κ1) is 15.8. The minimum Gasteiger partial charge on any atom is -0.345 e. The Labute approximate surface area is 139 Å². The van der Waals surface area contributed by atoms with Crippen LogP contribution in [0.1, 0.15) is 42.3 Å². The Hall–Kier alpha value is 0.420. The van der Waals surface area contributed by atoms with Crippen molar-refractivity contribution >= 4 is 60.7 Å². The summed E-state index contributed by atoms with van der Waals surface area (Å²) >= 11 is 14.4. The standard InChI is InChI=1S/C13H16Br2ClNOS/c1-8-3-2-4-13(6-8,7-16)17-12(18)10-5-9(14)11(15)19-10/h5,8H,2-4,6-7H2,1H3,(H,17,18). The molecule has 0 aromatic carbocycles. The molecule has 2 nitrogen and oxygen atoms in total. The van der Waals surface area contributed by atoms with Gasteiger partial charge >= 0.3 is 0 Å². The van der Waals surface area contributed by atoms with E-state index < -0.39 is 0 Å². The van der Waals surface area contributed by atoms with Gasteiger partial charge in [-0.25, -0.2) is 0 Å². The lowest BCUT2D eigenvalue weighted by molar-refractivity contribution is 0.0871. The predicted molar refractivity (Wildman–Crippen MR) is 88.3 cm³/mol. The maximum atomic E-state index is 12.3. The molecule has 1 aromatic heterocycles. The Bertz CT molecular complexity index is 460. The van der Waals surface area contributed by atoms with Crippen molar-refractivity contribution < 1.29 is 4.79 Å². The van der Waals surface area contributed by atoms with Gasteiger partial charge in [-0.1, -0.05) is 19.8 Å². The summed E-state index contributed by atoms with van der Waals surface area (Å²) in [6.45, 7) is 2.23. The van der Waals surface area contributed by atoms with E-state index in [2.05, 4.69) is 44.1 Å². The number of alkyl halides is 1. The Kier molecular flexibility index (Phi) is 5.37. The molecule has 1 N–H and O–H groups in total. The van der Waals surface area contributed by atoms with Crippen molar-refractivity contribution in [2.24, 2.45) is 5.92 Å². The lowest BCUT2D eigenvalue weighted by atomic mass is 9.77. The normalized spacial score (nSPS) is 27.3. The smallest absolute Gasteiger partial charge is 0.261 e. The van der Waals surface area contributed by atoms with E-state index in [1.807, 2.05) is 6.07 Å². The van der Waals surface area contributed by atoms with Crippen molar-refractivity contribution in [2.75, 3.05) is 5.88 Å². The van der Waals surface area contributed by atoms with Crippen LogP contribution < -0.4 is 5.32 Å². The maximum absolute atomic E-state index is 12.3. The molecule has 1 fully saturated rings. The van der Waals surface area contributed by atoms with E-state index in [1.54, 1.807) is 0 Å². The van der Waals surface area contributed by atoms with Gasteiger partial charge in [0.1, 0.15) is 0 Å². The van der Waals surface area contributed by atoms with Crippen LogP contribution in [0.15, 0.2) is 14.3 Å². The highest BCUT2D eigenvalue weighted by molar-refractivity contribution is 9.13. The van der Waals surface area contributed by atoms with E-state index in [1.165, 1.54) is 17.8 Å². The van der Waals surface area contributed by atoms with Crippen molar-refractivity contribution in [1.82, 2.24) is 5.32 Å². The molecule has 2 unspecified atom stereocenters. The monoisotopic (exact) mass is 427 g/mol. The minimum absolute atomic E-state index is 0.0221. The molecule has 1 aliphatic rings. The van der Waals surface area contributed by atoms with Crippen LogP contribution in [0.4, 0.5) is 0 Å². The van der Waals surface area contributed by atoms with Gasteiger partial charge in [-0.15, -0.1) is 22.9 Å². The quantitative estimate of drug-likeness (QED) is 0.658. The second-order valence-electron chi connectivity index (χ2n) is 5.30. The lowest BCUT2D eigenvalue weighted by Crippen LogP contribution is -2.52. The van der Waals surface area contributed by atoms with Crippen molar-refractivity contribution in [2.45, 2.75) is 38.1 Å². The fourth-order valence-corrected chi connectivity index (χ4v) is 4.93. The van der Waals surface area contributed by atoms with E-state index in [0.29, 0.717) is 16.7 Å². The molecule has 0 radical (unpaired) electrons. The molecule has 0 spiro atoms. The molecule has 0 saturated heterocycles. The molecule has 1 aromatic rings. The highest BCUT2D eigenvalue weighted by Gasteiger charge is 2.36. The Morgan fingerprint density at radius 2 is 2.37 bits per heavy atom. The molecular formula is C13H16Br2ClNOS. The van der Waals surface area contributed by atoms with Gasteiger partial charge in [0.05, 0.1) is 14.2 Å². The Morgan fingerprint density at radius 3 is 2.89 bits per heavy atom. The first-order valence-corrected chi connectivity index (χ1v) is 9.23. The van der Waals surface area contributed by atoms with E-state index in [4.69, 9.17) is 11.6 Å². The van der Waals surface area contributed by atoms with Crippen LogP contribution in [0.25, 0.3) is 0 Å². The molecular weight excluding hydrogens is 413 g/mol. The van der Waals surface area contributed by atoms with Crippen LogP contribution in [-0.2, 0) is 0 Å². The number of nitrogens with one attached hydrogen (secondary N) is 1. The summed E-state index contributed by atoms with van der Waals surface area (Å²) in [4.78, 5) is 13.1. The zero-order chi connectivity index (χ0) is 14.0. The largest absolute Gasteiger partial charge is 0.345 e. The number of carbonyl (C=O) groups excluding carboxylic acids is 1. The third kappa shape index (κ3) is 3.74. The van der Waals surface area contributed by atoms with E-state index in [0.717, 1.165) is 27.5 Å². The zero-order valence-corrected chi connectivity index (χ0v) is 15.4. The number of carbonyl (C=O) groups is 1. The fraction of sp³-hybridized carbons (Fsp3) is 0.615. The SMILES string of the molecule is CC1CCCC(CCl)(NC(=O)c2cc(Br)c(Br)s2)C1. The fourth-order valence-electron chi connectivity index (χ4n) is 2.69. The van der Waals surface area contributed by atoms with Crippen LogP contribution in [-0.4, -0.2) is 17.3 Å². The summed E-state index contributed by atoms with van der Waals surface area (Å²) in [5, 5.41) is 3.17. The predicted octanol–water partition coefficient (Wildman–Crippen LogP) is 5.19. The average molecular weight is 430 g/mol. The first-order chi connectivity index (χ1) is 8.96. The summed E-state index contributed by atoms with van der Waals surface area (Å²) < 4.78 is 1.86. The highest BCUT2D eigenvalue weighted by atomic mass is 79.9. The van der Waals surface area contributed by atoms with Crippen LogP contribution >= 0.6 is 54.8 Å². The van der Waals surface area contributed by atoms with E-state index in [-0.39, 0.29) is 11.4 Å². The van der Waals surface area contributed by atoms with Gasteiger partial charge in [0.2, 0.25) is 0 Å². The first-order valence-electron chi connectivity index (χ1n) is 6.29. The molecule has 6 heteroatoms. The van der Waals surface area contributed by atoms with Gasteiger partial charge in [-0.2, -0.15) is 0 Å². The molecule has 1 heterocycles. The van der Waals surface area contributed by atoms with Crippen LogP contribution in [0.2, 0.25) is 0 Å². The molecule has 2 atom stereocenters. The molecule has 1 aliphatic carbocycles. The minimum atomic E-state index is -0.237. The summed E-state index contributed by atoms with van der Waals surface area (Å²) in [5.74, 6) is 1.08. The van der Waals surface area contributed by atoms with Crippen molar-refractivity contribution in [3.05, 3.63) is 19.2 Å². The topological polar surface area (TPSA) is 29.1 Å². The van der Waals surface area contributed by atoms with Gasteiger partial charge < -0.3 is 5.32 Å². The number of hydrogen-bond acceptors (Lipinski definition) is 2. The van der Waals surface area contributed by atoms with Crippen LogP contribution in [0.5, 0.6) is 0 Å². The molecule has 19 heavy (non-hydrogen) atoms.